The van der Waals surface area contributed by atoms with Crippen molar-refractivity contribution in [2.24, 2.45) is 16.7 Å². The van der Waals surface area contributed by atoms with Crippen molar-refractivity contribution in [1.29, 1.82) is 0 Å². The highest BCUT2D eigenvalue weighted by molar-refractivity contribution is 7.14. The van der Waals surface area contributed by atoms with Crippen molar-refractivity contribution in [3.8, 4) is 22.8 Å². The van der Waals surface area contributed by atoms with Crippen LogP contribution in [-0.4, -0.2) is 26.2 Å². The van der Waals surface area contributed by atoms with E-state index in [0.717, 1.165) is 17.5 Å². The second kappa shape index (κ2) is 5.82. The molecule has 2 aromatic rings. The highest BCUT2D eigenvalue weighted by atomic mass is 32.1. The summed E-state index contributed by atoms with van der Waals surface area (Å²) in [4.78, 5) is 14.9. The van der Waals surface area contributed by atoms with Crippen molar-refractivity contribution in [1.82, 2.24) is 4.98 Å². The number of aromatic hydroxyl groups is 2. The van der Waals surface area contributed by atoms with Crippen LogP contribution in [0.15, 0.2) is 17.5 Å². The molecule has 0 amide bonds. The van der Waals surface area contributed by atoms with Crippen LogP contribution in [-0.2, 0) is 0 Å². The van der Waals surface area contributed by atoms with Crippen molar-refractivity contribution in [3.63, 3.8) is 0 Å². The minimum Gasteiger partial charge on any atom is -0.504 e. The number of hydrogen-bond donors (Lipinski definition) is 3. The number of fused-ring (bicyclic) bond motifs is 2. The molecule has 144 valence electrons. The Balaban J connectivity index is 1.60. The highest BCUT2D eigenvalue weighted by Crippen LogP contribution is 2.65. The zero-order valence-electron chi connectivity index (χ0n) is 15.5. The number of hydrogen-bond acceptors (Lipinski definition) is 7. The number of nitrogens with zero attached hydrogens (tertiary/aromatic N) is 2. The highest BCUT2D eigenvalue weighted by Gasteiger charge is 2.61. The van der Waals surface area contributed by atoms with Crippen molar-refractivity contribution in [3.05, 3.63) is 27.6 Å². The van der Waals surface area contributed by atoms with Crippen LogP contribution < -0.4 is 5.32 Å². The lowest BCUT2D eigenvalue weighted by Gasteiger charge is -2.39. The van der Waals surface area contributed by atoms with E-state index in [-0.39, 0.29) is 5.41 Å². The van der Waals surface area contributed by atoms with Gasteiger partial charge in [0, 0.05) is 23.1 Å². The number of phenols is 2. The summed E-state index contributed by atoms with van der Waals surface area (Å²) in [5.41, 5.74) is 0.928. The summed E-state index contributed by atoms with van der Waals surface area (Å²) in [6, 6.07) is 2.88. The molecule has 3 atom stereocenters. The van der Waals surface area contributed by atoms with E-state index >= 15 is 0 Å². The molecule has 0 aliphatic heterocycles. The number of nitro benzene ring substituents is 1. The van der Waals surface area contributed by atoms with Crippen LogP contribution in [0.2, 0.25) is 0 Å². The first-order chi connectivity index (χ1) is 12.6. The molecular formula is C19H23N3O4S. The fraction of sp³-hybridized carbons (Fsp3) is 0.526. The predicted molar refractivity (Wildman–Crippen MR) is 104 cm³/mol. The molecule has 1 aromatic carbocycles. The number of thiazole rings is 1. The fourth-order valence-corrected chi connectivity index (χ4v) is 5.71. The zero-order valence-corrected chi connectivity index (χ0v) is 16.3. The molecule has 0 radical (unpaired) electrons. The van der Waals surface area contributed by atoms with Gasteiger partial charge in [0.15, 0.2) is 10.9 Å². The van der Waals surface area contributed by atoms with Gasteiger partial charge < -0.3 is 15.5 Å². The van der Waals surface area contributed by atoms with Gasteiger partial charge in [0.05, 0.1) is 10.6 Å². The van der Waals surface area contributed by atoms with E-state index in [0.29, 0.717) is 22.7 Å². The second-order valence-corrected chi connectivity index (χ2v) is 9.32. The molecular weight excluding hydrogens is 366 g/mol. The maximum Gasteiger partial charge on any atom is 0.315 e. The third-order valence-corrected chi connectivity index (χ3v) is 7.93. The molecule has 7 nitrogen and oxygen atoms in total. The van der Waals surface area contributed by atoms with E-state index in [4.69, 9.17) is 0 Å². The van der Waals surface area contributed by atoms with Crippen molar-refractivity contribution >= 4 is 22.2 Å². The quantitative estimate of drug-likeness (QED) is 0.395. The number of anilines is 1. The van der Waals surface area contributed by atoms with Crippen molar-refractivity contribution < 1.29 is 15.1 Å². The predicted octanol–water partition coefficient (Wildman–Crippen LogP) is 4.76. The van der Waals surface area contributed by atoms with Crippen LogP contribution in [0.1, 0.15) is 40.0 Å². The molecule has 2 saturated carbocycles. The number of rotatable bonds is 4. The van der Waals surface area contributed by atoms with E-state index in [1.165, 1.54) is 36.3 Å². The topological polar surface area (TPSA) is 109 Å². The van der Waals surface area contributed by atoms with Crippen LogP contribution >= 0.6 is 11.3 Å². The Kier molecular flexibility index (Phi) is 3.89. The normalized spacial score (nSPS) is 28.4. The average molecular weight is 389 g/mol. The smallest absolute Gasteiger partial charge is 0.315 e. The number of phenolic OH excluding ortho intramolecular Hbond substituents is 2. The molecule has 27 heavy (non-hydrogen) atoms. The maximum absolute atomic E-state index is 11.1. The third-order valence-electron chi connectivity index (χ3n) is 7.16. The lowest BCUT2D eigenvalue weighted by atomic mass is 9.69. The van der Waals surface area contributed by atoms with Crippen LogP contribution in [0.4, 0.5) is 10.8 Å². The molecule has 3 N–H and O–H groups in total. The standard InChI is InChI=1S/C19H23N3O4S/c1-18(2)11-4-5-19(18,3)15(8-11)21-17-20-12(9-27-17)10-6-13(22(25)26)16(24)14(23)7-10/h6-7,9,11,15,23-24H,4-5,8H2,1-3H3,(H,20,21). The van der Waals surface area contributed by atoms with Crippen LogP contribution in [0.5, 0.6) is 11.5 Å². The largest absolute Gasteiger partial charge is 0.504 e. The SMILES string of the molecule is CC1(C)C2CCC1(C)C(Nc1nc(-c3cc(O)c(O)c([N+](=O)[O-])c3)cs1)C2. The van der Waals surface area contributed by atoms with Gasteiger partial charge in [0.1, 0.15) is 0 Å². The van der Waals surface area contributed by atoms with Gasteiger partial charge in [-0.25, -0.2) is 4.98 Å². The number of nitro groups is 1. The van der Waals surface area contributed by atoms with Crippen LogP contribution in [0, 0.1) is 26.9 Å². The maximum atomic E-state index is 11.1. The van der Waals surface area contributed by atoms with E-state index < -0.39 is 22.1 Å². The molecule has 2 fully saturated rings. The van der Waals surface area contributed by atoms with Crippen molar-refractivity contribution in [2.75, 3.05) is 5.32 Å². The molecule has 0 saturated heterocycles. The minimum absolute atomic E-state index is 0.221. The van der Waals surface area contributed by atoms with Crippen LogP contribution in [0.25, 0.3) is 11.3 Å². The molecule has 2 aliphatic rings. The monoisotopic (exact) mass is 389 g/mol. The first kappa shape index (κ1) is 18.0. The van der Waals surface area contributed by atoms with Gasteiger partial charge in [-0.3, -0.25) is 10.1 Å². The Labute approximate surface area is 161 Å². The molecule has 1 aromatic heterocycles. The van der Waals surface area contributed by atoms with E-state index in [1.807, 2.05) is 0 Å². The van der Waals surface area contributed by atoms with Crippen molar-refractivity contribution in [2.45, 2.75) is 46.1 Å². The molecule has 4 rings (SSSR count). The Morgan fingerprint density at radius 1 is 1.33 bits per heavy atom. The number of aromatic nitrogens is 1. The fourth-order valence-electron chi connectivity index (χ4n) is 4.93. The summed E-state index contributed by atoms with van der Waals surface area (Å²) < 4.78 is 0. The lowest BCUT2D eigenvalue weighted by Crippen LogP contribution is -2.40. The second-order valence-electron chi connectivity index (χ2n) is 8.47. The van der Waals surface area contributed by atoms with E-state index in [1.54, 1.807) is 5.38 Å². The summed E-state index contributed by atoms with van der Waals surface area (Å²) >= 11 is 1.45. The zero-order chi connectivity index (χ0) is 19.6. The van der Waals surface area contributed by atoms with Gasteiger partial charge in [-0.15, -0.1) is 11.3 Å². The van der Waals surface area contributed by atoms with Gasteiger partial charge in [-0.1, -0.05) is 20.8 Å². The Morgan fingerprint density at radius 3 is 2.67 bits per heavy atom. The van der Waals surface area contributed by atoms with E-state index in [2.05, 4.69) is 31.1 Å². The molecule has 2 bridgehead atoms. The molecule has 8 heteroatoms. The Morgan fingerprint density at radius 2 is 2.07 bits per heavy atom. The molecule has 0 spiro atoms. The van der Waals surface area contributed by atoms with Gasteiger partial charge in [0.2, 0.25) is 5.75 Å². The Bertz CT molecular complexity index is 926. The van der Waals surface area contributed by atoms with Gasteiger partial charge in [0.25, 0.3) is 0 Å². The summed E-state index contributed by atoms with van der Waals surface area (Å²) in [7, 11) is 0. The third kappa shape index (κ3) is 2.57. The molecule has 3 unspecified atom stereocenters. The number of nitrogens with one attached hydrogen (secondary N) is 1. The van der Waals surface area contributed by atoms with Gasteiger partial charge in [-0.2, -0.15) is 0 Å². The first-order valence-corrected chi connectivity index (χ1v) is 9.94. The Hall–Kier alpha value is -2.35. The molecule has 1 heterocycles. The lowest BCUT2D eigenvalue weighted by molar-refractivity contribution is -0.385. The first-order valence-electron chi connectivity index (χ1n) is 9.06. The minimum atomic E-state index is -0.727. The summed E-state index contributed by atoms with van der Waals surface area (Å²) in [5, 5.41) is 36.7. The van der Waals surface area contributed by atoms with Crippen LogP contribution in [0.3, 0.4) is 0 Å². The summed E-state index contributed by atoms with van der Waals surface area (Å²) in [6.07, 6.45) is 3.61. The summed E-state index contributed by atoms with van der Waals surface area (Å²) in [5.74, 6) is -0.533. The number of benzene rings is 1. The van der Waals surface area contributed by atoms with Gasteiger partial charge in [-0.05, 0) is 42.1 Å². The van der Waals surface area contributed by atoms with Gasteiger partial charge >= 0.3 is 5.69 Å². The molecule has 2 aliphatic carbocycles. The van der Waals surface area contributed by atoms with E-state index in [9.17, 15) is 20.3 Å². The summed E-state index contributed by atoms with van der Waals surface area (Å²) in [6.45, 7) is 7.07. The average Bonchev–Trinajstić information content (AvgIpc) is 3.20.